The quantitative estimate of drug-likeness (QED) is 0.845. The van der Waals surface area contributed by atoms with Gasteiger partial charge in [-0.1, -0.05) is 0 Å². The zero-order valence-electron chi connectivity index (χ0n) is 10.6. The second kappa shape index (κ2) is 5.11. The molecule has 0 amide bonds. The number of hydrogen-bond acceptors (Lipinski definition) is 2. The number of benzene rings is 1. The Morgan fingerprint density at radius 1 is 1.26 bits per heavy atom. The number of halogens is 3. The molecule has 2 nitrogen and oxygen atoms in total. The Bertz CT molecular complexity index is 495. The first kappa shape index (κ1) is 13.5. The van der Waals surface area contributed by atoms with Gasteiger partial charge in [0.15, 0.2) is 0 Å². The van der Waals surface area contributed by atoms with Crippen LogP contribution in [0.25, 0.3) is 0 Å². The predicted molar refractivity (Wildman–Crippen MR) is 73.5 cm³/mol. The van der Waals surface area contributed by atoms with Crippen molar-refractivity contribution in [1.29, 1.82) is 0 Å². The summed E-state index contributed by atoms with van der Waals surface area (Å²) in [7, 11) is 0. The Morgan fingerprint density at radius 3 is 2.79 bits per heavy atom. The molecule has 1 aliphatic carbocycles. The molecule has 1 aliphatic heterocycles. The van der Waals surface area contributed by atoms with Crippen molar-refractivity contribution in [3.8, 4) is 0 Å². The van der Waals surface area contributed by atoms with Gasteiger partial charge in [-0.25, -0.2) is 8.78 Å². The Labute approximate surface area is 120 Å². The first-order valence-corrected chi connectivity index (χ1v) is 7.46. The highest BCUT2D eigenvalue weighted by molar-refractivity contribution is 9.10. The lowest BCUT2D eigenvalue weighted by atomic mass is 9.98. The second-order valence-electron chi connectivity index (χ2n) is 5.68. The zero-order chi connectivity index (χ0) is 13.6. The van der Waals surface area contributed by atoms with Gasteiger partial charge in [0, 0.05) is 31.2 Å². The number of fused-ring (bicyclic) bond motifs is 1. The van der Waals surface area contributed by atoms with Crippen LogP contribution in [0.5, 0.6) is 0 Å². The summed E-state index contributed by atoms with van der Waals surface area (Å²) in [5, 5.41) is 0. The maximum Gasteiger partial charge on any atom is 0.144 e. The maximum atomic E-state index is 13.9. The fourth-order valence-electron chi connectivity index (χ4n) is 3.47. The van der Waals surface area contributed by atoms with Crippen molar-refractivity contribution in [2.75, 3.05) is 13.1 Å². The maximum absolute atomic E-state index is 13.9. The van der Waals surface area contributed by atoms with Crippen LogP contribution in [0.3, 0.4) is 0 Å². The summed E-state index contributed by atoms with van der Waals surface area (Å²) < 4.78 is 28.0. The molecule has 19 heavy (non-hydrogen) atoms. The van der Waals surface area contributed by atoms with E-state index < -0.39 is 11.6 Å². The van der Waals surface area contributed by atoms with Crippen LogP contribution in [0, 0.1) is 23.5 Å². The molecule has 3 rings (SSSR count). The monoisotopic (exact) mass is 330 g/mol. The Morgan fingerprint density at radius 2 is 2.05 bits per heavy atom. The van der Waals surface area contributed by atoms with E-state index in [4.69, 9.17) is 5.73 Å². The van der Waals surface area contributed by atoms with E-state index in [-0.39, 0.29) is 11.6 Å². The minimum Gasteiger partial charge on any atom is -0.327 e. The van der Waals surface area contributed by atoms with E-state index >= 15 is 0 Å². The largest absolute Gasteiger partial charge is 0.327 e. The van der Waals surface area contributed by atoms with Crippen LogP contribution in [0.15, 0.2) is 16.6 Å². The van der Waals surface area contributed by atoms with E-state index in [1.807, 2.05) is 0 Å². The summed E-state index contributed by atoms with van der Waals surface area (Å²) in [6.07, 6.45) is 2.23. The van der Waals surface area contributed by atoms with E-state index in [1.54, 1.807) is 0 Å². The van der Waals surface area contributed by atoms with Gasteiger partial charge in [0.1, 0.15) is 11.6 Å². The van der Waals surface area contributed by atoms with Crippen LogP contribution in [-0.2, 0) is 6.54 Å². The third-order valence-corrected chi connectivity index (χ3v) is 5.12. The number of nitrogens with zero attached hydrogens (tertiary/aromatic N) is 1. The van der Waals surface area contributed by atoms with Crippen LogP contribution in [0.2, 0.25) is 0 Å². The normalized spacial score (nSPS) is 30.8. The Balaban J connectivity index is 1.75. The SMILES string of the molecule is NC1CCC2CN(Cc3c(F)ccc(Br)c3F)CC12. The molecule has 2 fully saturated rings. The molecule has 2 aliphatic rings. The highest BCUT2D eigenvalue weighted by Gasteiger charge is 2.41. The standard InChI is InChI=1S/C14H17BrF2N2/c15-11-2-3-12(16)10(14(11)17)7-19-5-8-1-4-13(18)9(8)6-19/h2-3,8-9,13H,1,4-7,18H2. The van der Waals surface area contributed by atoms with Crippen LogP contribution < -0.4 is 5.73 Å². The zero-order valence-corrected chi connectivity index (χ0v) is 12.2. The molecule has 104 valence electrons. The smallest absolute Gasteiger partial charge is 0.144 e. The summed E-state index contributed by atoms with van der Waals surface area (Å²) >= 11 is 3.11. The van der Waals surface area contributed by atoms with Gasteiger partial charge in [0.05, 0.1) is 4.47 Å². The fraction of sp³-hybridized carbons (Fsp3) is 0.571. The molecule has 3 atom stereocenters. The molecule has 0 spiro atoms. The number of likely N-dealkylation sites (tertiary alicyclic amines) is 1. The molecule has 1 heterocycles. The van der Waals surface area contributed by atoms with E-state index in [0.29, 0.717) is 22.9 Å². The number of rotatable bonds is 2. The molecule has 1 saturated heterocycles. The van der Waals surface area contributed by atoms with Crippen LogP contribution in [-0.4, -0.2) is 24.0 Å². The lowest BCUT2D eigenvalue weighted by molar-refractivity contribution is 0.288. The molecule has 5 heteroatoms. The van der Waals surface area contributed by atoms with Crippen molar-refractivity contribution in [2.24, 2.45) is 17.6 Å². The van der Waals surface area contributed by atoms with Crippen molar-refractivity contribution in [2.45, 2.75) is 25.4 Å². The minimum atomic E-state index is -0.485. The highest BCUT2D eigenvalue weighted by Crippen LogP contribution is 2.38. The summed E-state index contributed by atoms with van der Waals surface area (Å²) in [5.74, 6) is 0.148. The molecule has 0 aromatic heterocycles. The number of nitrogens with two attached hydrogens (primary N) is 1. The summed E-state index contributed by atoms with van der Waals surface area (Å²) in [6, 6.07) is 2.97. The van der Waals surface area contributed by atoms with Gasteiger partial charge in [0.2, 0.25) is 0 Å². The molecule has 0 bridgehead atoms. The van der Waals surface area contributed by atoms with Gasteiger partial charge in [-0.05, 0) is 52.7 Å². The lowest BCUT2D eigenvalue weighted by Crippen LogP contribution is -2.30. The number of hydrogen-bond donors (Lipinski definition) is 1. The lowest BCUT2D eigenvalue weighted by Gasteiger charge is -2.19. The summed E-state index contributed by atoms with van der Waals surface area (Å²) in [5.41, 5.74) is 6.23. The van der Waals surface area contributed by atoms with Gasteiger partial charge in [-0.15, -0.1) is 0 Å². The van der Waals surface area contributed by atoms with Crippen molar-refractivity contribution < 1.29 is 8.78 Å². The average Bonchev–Trinajstić information content (AvgIpc) is 2.92. The molecule has 1 aromatic rings. The Hall–Kier alpha value is -0.520. The second-order valence-corrected chi connectivity index (χ2v) is 6.54. The van der Waals surface area contributed by atoms with Crippen molar-refractivity contribution in [3.05, 3.63) is 33.8 Å². The highest BCUT2D eigenvalue weighted by atomic mass is 79.9. The molecule has 3 unspecified atom stereocenters. The predicted octanol–water partition coefficient (Wildman–Crippen LogP) is 2.90. The van der Waals surface area contributed by atoms with Gasteiger partial charge in [0.25, 0.3) is 0 Å². The van der Waals surface area contributed by atoms with E-state index in [2.05, 4.69) is 20.8 Å². The van der Waals surface area contributed by atoms with Crippen LogP contribution in [0.4, 0.5) is 8.78 Å². The van der Waals surface area contributed by atoms with Crippen molar-refractivity contribution >= 4 is 15.9 Å². The van der Waals surface area contributed by atoms with Crippen LogP contribution in [0.1, 0.15) is 18.4 Å². The van der Waals surface area contributed by atoms with E-state index in [0.717, 1.165) is 25.9 Å². The topological polar surface area (TPSA) is 29.3 Å². The summed E-state index contributed by atoms with van der Waals surface area (Å²) in [4.78, 5) is 2.13. The third kappa shape index (κ3) is 2.43. The van der Waals surface area contributed by atoms with Crippen molar-refractivity contribution in [1.82, 2.24) is 4.90 Å². The van der Waals surface area contributed by atoms with Crippen LogP contribution >= 0.6 is 15.9 Å². The Kier molecular flexibility index (Phi) is 3.62. The fourth-order valence-corrected chi connectivity index (χ4v) is 3.84. The third-order valence-electron chi connectivity index (χ3n) is 4.51. The molecular weight excluding hydrogens is 314 g/mol. The van der Waals surface area contributed by atoms with Gasteiger partial charge >= 0.3 is 0 Å². The van der Waals surface area contributed by atoms with E-state index in [1.165, 1.54) is 12.1 Å². The molecule has 0 radical (unpaired) electrons. The van der Waals surface area contributed by atoms with E-state index in [9.17, 15) is 8.78 Å². The average molecular weight is 331 g/mol. The van der Waals surface area contributed by atoms with Gasteiger partial charge < -0.3 is 5.73 Å². The summed E-state index contributed by atoms with van der Waals surface area (Å²) in [6.45, 7) is 2.10. The van der Waals surface area contributed by atoms with Gasteiger partial charge in [-0.3, -0.25) is 4.90 Å². The minimum absolute atomic E-state index is 0.155. The first-order chi connectivity index (χ1) is 9.06. The van der Waals surface area contributed by atoms with Crippen molar-refractivity contribution in [3.63, 3.8) is 0 Å². The molecule has 1 aromatic carbocycles. The molecule has 2 N–H and O–H groups in total. The van der Waals surface area contributed by atoms with Gasteiger partial charge in [-0.2, -0.15) is 0 Å². The molecular formula is C14H17BrF2N2. The molecule has 1 saturated carbocycles. The first-order valence-electron chi connectivity index (χ1n) is 6.66.